The molecule has 0 saturated carbocycles. The van der Waals surface area contributed by atoms with E-state index in [1.807, 2.05) is 0 Å². The van der Waals surface area contributed by atoms with Crippen LogP contribution < -0.4 is 10.0 Å². The number of sulfonamides is 1. The van der Waals surface area contributed by atoms with E-state index in [0.29, 0.717) is 16.8 Å². The van der Waals surface area contributed by atoms with E-state index in [1.54, 1.807) is 48.5 Å². The minimum Gasteiger partial charge on any atom is -0.395 e. The number of benzene rings is 2. The van der Waals surface area contributed by atoms with E-state index in [0.717, 1.165) is 0 Å². The van der Waals surface area contributed by atoms with Gasteiger partial charge in [0.2, 0.25) is 5.78 Å². The number of hydrogen-bond acceptors (Lipinski definition) is 5. The SMILES string of the molecule is O=C(C1=C(NCCO)c2ccccc2S(=O)(=O)N1)c1ccccc1. The average molecular weight is 344 g/mol. The van der Waals surface area contributed by atoms with Gasteiger partial charge in [0.25, 0.3) is 10.0 Å². The van der Waals surface area contributed by atoms with Crippen molar-refractivity contribution in [1.82, 2.24) is 10.0 Å². The van der Waals surface area contributed by atoms with Crippen LogP contribution in [0, 0.1) is 0 Å². The Balaban J connectivity index is 2.19. The van der Waals surface area contributed by atoms with Gasteiger partial charge in [-0.2, -0.15) is 0 Å². The maximum absolute atomic E-state index is 12.8. The quantitative estimate of drug-likeness (QED) is 0.706. The topological polar surface area (TPSA) is 95.5 Å². The fraction of sp³-hybridized carbons (Fsp3) is 0.118. The highest BCUT2D eigenvalue weighted by molar-refractivity contribution is 7.89. The molecule has 0 aliphatic carbocycles. The number of ketones is 1. The number of Topliss-reactive ketones (excluding diaryl/α,β-unsaturated/α-hetero) is 1. The van der Waals surface area contributed by atoms with Gasteiger partial charge in [-0.1, -0.05) is 48.5 Å². The van der Waals surface area contributed by atoms with E-state index in [1.165, 1.54) is 6.07 Å². The van der Waals surface area contributed by atoms with Gasteiger partial charge in [-0.3, -0.25) is 9.52 Å². The number of allylic oxidation sites excluding steroid dienone is 1. The molecule has 124 valence electrons. The molecular weight excluding hydrogens is 328 g/mol. The second-order valence-corrected chi connectivity index (χ2v) is 6.85. The normalized spacial score (nSPS) is 15.4. The molecule has 0 radical (unpaired) electrons. The second-order valence-electron chi connectivity index (χ2n) is 5.20. The largest absolute Gasteiger partial charge is 0.395 e. The summed E-state index contributed by atoms with van der Waals surface area (Å²) in [6.45, 7) is 0.0438. The Morgan fingerprint density at radius 3 is 2.42 bits per heavy atom. The van der Waals surface area contributed by atoms with Crippen molar-refractivity contribution in [2.24, 2.45) is 0 Å². The Morgan fingerprint density at radius 2 is 1.71 bits per heavy atom. The van der Waals surface area contributed by atoms with Crippen LogP contribution in [0.1, 0.15) is 15.9 Å². The first-order valence-corrected chi connectivity index (χ1v) is 8.84. The third kappa shape index (κ3) is 2.91. The van der Waals surface area contributed by atoms with Gasteiger partial charge < -0.3 is 10.4 Å². The first-order valence-electron chi connectivity index (χ1n) is 7.35. The van der Waals surface area contributed by atoms with E-state index < -0.39 is 15.8 Å². The number of hydrogen-bond donors (Lipinski definition) is 3. The molecule has 0 fully saturated rings. The van der Waals surface area contributed by atoms with Crippen molar-refractivity contribution >= 4 is 21.5 Å². The van der Waals surface area contributed by atoms with Gasteiger partial charge in [-0.05, 0) is 6.07 Å². The van der Waals surface area contributed by atoms with Crippen LogP contribution in [0.5, 0.6) is 0 Å². The van der Waals surface area contributed by atoms with Crippen molar-refractivity contribution in [3.8, 4) is 0 Å². The third-order valence-corrected chi connectivity index (χ3v) is 5.02. The molecule has 24 heavy (non-hydrogen) atoms. The lowest BCUT2D eigenvalue weighted by Crippen LogP contribution is -2.36. The molecule has 7 heteroatoms. The Morgan fingerprint density at radius 1 is 1.04 bits per heavy atom. The fourth-order valence-corrected chi connectivity index (χ4v) is 3.83. The molecule has 3 N–H and O–H groups in total. The summed E-state index contributed by atoms with van der Waals surface area (Å²) < 4.78 is 27.3. The lowest BCUT2D eigenvalue weighted by molar-refractivity contribution is 0.103. The Kier molecular flexibility index (Phi) is 4.37. The van der Waals surface area contributed by atoms with Gasteiger partial charge in [-0.15, -0.1) is 0 Å². The molecule has 0 bridgehead atoms. The summed E-state index contributed by atoms with van der Waals surface area (Å²) in [7, 11) is -3.83. The molecule has 0 spiro atoms. The van der Waals surface area contributed by atoms with Crippen LogP contribution in [0.4, 0.5) is 0 Å². The number of carbonyl (C=O) groups excluding carboxylic acids is 1. The van der Waals surface area contributed by atoms with Crippen molar-refractivity contribution < 1.29 is 18.3 Å². The van der Waals surface area contributed by atoms with E-state index in [4.69, 9.17) is 5.11 Å². The molecule has 2 aromatic rings. The second kappa shape index (κ2) is 6.46. The first kappa shape index (κ1) is 16.2. The molecule has 0 amide bonds. The van der Waals surface area contributed by atoms with Crippen LogP contribution in [-0.2, 0) is 10.0 Å². The number of fused-ring (bicyclic) bond motifs is 1. The number of carbonyl (C=O) groups is 1. The number of aliphatic hydroxyl groups excluding tert-OH is 1. The third-order valence-electron chi connectivity index (χ3n) is 3.61. The molecule has 1 heterocycles. The predicted molar refractivity (Wildman–Crippen MR) is 89.5 cm³/mol. The van der Waals surface area contributed by atoms with E-state index in [2.05, 4.69) is 10.0 Å². The highest BCUT2D eigenvalue weighted by Crippen LogP contribution is 2.30. The fourth-order valence-electron chi connectivity index (χ4n) is 2.54. The minimum atomic E-state index is -3.83. The van der Waals surface area contributed by atoms with Crippen LogP contribution in [0.25, 0.3) is 5.70 Å². The lowest BCUT2D eigenvalue weighted by atomic mass is 10.0. The number of rotatable bonds is 5. The summed E-state index contributed by atoms with van der Waals surface area (Å²) in [4.78, 5) is 12.9. The maximum Gasteiger partial charge on any atom is 0.262 e. The Bertz CT molecular complexity index is 905. The molecule has 6 nitrogen and oxygen atoms in total. The summed E-state index contributed by atoms with van der Waals surface area (Å²) in [5.74, 6) is -0.436. The van der Waals surface area contributed by atoms with Gasteiger partial charge in [-0.25, -0.2) is 8.42 Å². The van der Waals surface area contributed by atoms with Crippen LogP contribution >= 0.6 is 0 Å². The van der Waals surface area contributed by atoms with Crippen LogP contribution in [0.3, 0.4) is 0 Å². The molecule has 1 aliphatic heterocycles. The number of aliphatic hydroxyl groups is 1. The highest BCUT2D eigenvalue weighted by atomic mass is 32.2. The van der Waals surface area contributed by atoms with E-state index in [9.17, 15) is 13.2 Å². The van der Waals surface area contributed by atoms with Gasteiger partial charge >= 0.3 is 0 Å². The molecule has 2 aromatic carbocycles. The molecule has 3 rings (SSSR count). The smallest absolute Gasteiger partial charge is 0.262 e. The number of nitrogens with one attached hydrogen (secondary N) is 2. The molecule has 0 atom stereocenters. The van der Waals surface area contributed by atoms with Crippen LogP contribution in [0.15, 0.2) is 65.2 Å². The first-order chi connectivity index (χ1) is 11.5. The summed E-state index contributed by atoms with van der Waals surface area (Å²) in [5, 5.41) is 12.0. The van der Waals surface area contributed by atoms with Crippen LogP contribution in [-0.4, -0.2) is 32.5 Å². The monoisotopic (exact) mass is 344 g/mol. The van der Waals surface area contributed by atoms with Crippen molar-refractivity contribution in [1.29, 1.82) is 0 Å². The summed E-state index contributed by atoms with van der Waals surface area (Å²) in [5.41, 5.74) is 1.10. The lowest BCUT2D eigenvalue weighted by Gasteiger charge is -2.25. The van der Waals surface area contributed by atoms with Crippen molar-refractivity contribution in [3.63, 3.8) is 0 Å². The Labute approximate surface area is 139 Å². The molecule has 0 unspecified atom stereocenters. The highest BCUT2D eigenvalue weighted by Gasteiger charge is 2.32. The molecular formula is C17H16N2O4S. The van der Waals surface area contributed by atoms with Gasteiger partial charge in [0, 0.05) is 17.7 Å². The average Bonchev–Trinajstić information content (AvgIpc) is 2.61. The maximum atomic E-state index is 12.8. The standard InChI is InChI=1S/C17H16N2O4S/c20-11-10-18-15-13-8-4-5-9-14(13)24(22,23)19-16(15)17(21)12-6-2-1-3-7-12/h1-9,18-20H,10-11H2. The van der Waals surface area contributed by atoms with Crippen LogP contribution in [0.2, 0.25) is 0 Å². The predicted octanol–water partition coefficient (Wildman–Crippen LogP) is 1.11. The van der Waals surface area contributed by atoms with E-state index in [-0.39, 0.29) is 23.7 Å². The minimum absolute atomic E-state index is 0.0478. The summed E-state index contributed by atoms with van der Waals surface area (Å²) in [6.07, 6.45) is 0. The summed E-state index contributed by atoms with van der Waals surface area (Å²) in [6, 6.07) is 14.8. The van der Waals surface area contributed by atoms with Gasteiger partial charge in [0.05, 0.1) is 17.2 Å². The van der Waals surface area contributed by atoms with Gasteiger partial charge in [0.1, 0.15) is 5.70 Å². The van der Waals surface area contributed by atoms with Crippen molar-refractivity contribution in [2.75, 3.05) is 13.2 Å². The molecule has 0 saturated heterocycles. The molecule has 1 aliphatic rings. The van der Waals surface area contributed by atoms with Gasteiger partial charge in [0.15, 0.2) is 0 Å². The van der Waals surface area contributed by atoms with E-state index >= 15 is 0 Å². The zero-order chi connectivity index (χ0) is 17.2. The zero-order valence-electron chi connectivity index (χ0n) is 12.7. The van der Waals surface area contributed by atoms with Crippen molar-refractivity contribution in [3.05, 3.63) is 71.4 Å². The van der Waals surface area contributed by atoms with Crippen molar-refractivity contribution in [2.45, 2.75) is 4.90 Å². The Hall–Kier alpha value is -2.64. The molecule has 0 aromatic heterocycles. The summed E-state index contributed by atoms with van der Waals surface area (Å²) >= 11 is 0. The zero-order valence-corrected chi connectivity index (χ0v) is 13.5.